The van der Waals surface area contributed by atoms with Gasteiger partial charge in [-0.3, -0.25) is 0 Å². The normalized spacial score (nSPS) is 18.2. The van der Waals surface area contributed by atoms with E-state index in [1.807, 2.05) is 12.5 Å². The highest BCUT2D eigenvalue weighted by Gasteiger charge is 2.21. The van der Waals surface area contributed by atoms with Crippen LogP contribution in [0.15, 0.2) is 24.9 Å². The summed E-state index contributed by atoms with van der Waals surface area (Å²) in [6.07, 6.45) is 12.3. The fourth-order valence-electron chi connectivity index (χ4n) is 3.40. The Morgan fingerprint density at radius 3 is 3.00 bits per heavy atom. The molecule has 1 unspecified atom stereocenters. The summed E-state index contributed by atoms with van der Waals surface area (Å²) in [6.45, 7) is 8.53. The number of hydrogen-bond acceptors (Lipinski definition) is 2. The fourth-order valence-corrected chi connectivity index (χ4v) is 3.40. The van der Waals surface area contributed by atoms with Crippen LogP contribution in [-0.4, -0.2) is 20.7 Å². The smallest absolute Gasteiger partial charge is 0.0951 e. The lowest BCUT2D eigenvalue weighted by atomic mass is 9.91. The van der Waals surface area contributed by atoms with Crippen molar-refractivity contribution in [2.45, 2.75) is 58.7 Å². The van der Waals surface area contributed by atoms with Gasteiger partial charge in [0.15, 0.2) is 0 Å². The lowest BCUT2D eigenvalue weighted by molar-refractivity contribution is 0.473. The molecule has 0 spiro atoms. The lowest BCUT2D eigenvalue weighted by Crippen LogP contribution is -2.23. The van der Waals surface area contributed by atoms with Gasteiger partial charge in [-0.1, -0.05) is 6.92 Å². The van der Waals surface area contributed by atoms with Crippen LogP contribution in [0.5, 0.6) is 0 Å². The number of imidazole rings is 1. The summed E-state index contributed by atoms with van der Waals surface area (Å²) in [5.74, 6) is 0. The maximum absolute atomic E-state index is 4.30. The number of hydrogen-bond donors (Lipinski definition) is 1. The second-order valence-corrected chi connectivity index (χ2v) is 6.30. The molecule has 2 aromatic heterocycles. The quantitative estimate of drug-likeness (QED) is 0.915. The van der Waals surface area contributed by atoms with Gasteiger partial charge < -0.3 is 14.5 Å². The molecule has 0 amide bonds. The van der Waals surface area contributed by atoms with Crippen LogP contribution in [0.2, 0.25) is 0 Å². The summed E-state index contributed by atoms with van der Waals surface area (Å²) in [6, 6.07) is 0.997. The molecule has 1 atom stereocenters. The molecular formula is C17H26N4. The summed E-state index contributed by atoms with van der Waals surface area (Å²) >= 11 is 0. The first kappa shape index (κ1) is 14.4. The number of rotatable bonds is 5. The molecule has 2 aromatic rings. The molecule has 4 heteroatoms. The SMILES string of the molecule is CCNC1CCCc2cn(Cc3cncn3C(C)C)cc21. The van der Waals surface area contributed by atoms with Gasteiger partial charge in [0.1, 0.15) is 0 Å². The van der Waals surface area contributed by atoms with Gasteiger partial charge in [-0.2, -0.15) is 0 Å². The number of nitrogens with zero attached hydrogens (tertiary/aromatic N) is 3. The van der Waals surface area contributed by atoms with Crippen LogP contribution in [0.1, 0.15) is 62.5 Å². The first-order chi connectivity index (χ1) is 10.2. The lowest BCUT2D eigenvalue weighted by Gasteiger charge is -2.22. The first-order valence-electron chi connectivity index (χ1n) is 8.11. The summed E-state index contributed by atoms with van der Waals surface area (Å²) in [5, 5.41) is 3.61. The second kappa shape index (κ2) is 6.06. The van der Waals surface area contributed by atoms with Crippen LogP contribution in [0, 0.1) is 0 Å². The van der Waals surface area contributed by atoms with E-state index in [0.717, 1.165) is 13.1 Å². The van der Waals surface area contributed by atoms with E-state index in [-0.39, 0.29) is 0 Å². The molecule has 0 saturated heterocycles. The zero-order chi connectivity index (χ0) is 14.8. The molecular weight excluding hydrogens is 260 g/mol. The Kier molecular flexibility index (Phi) is 4.15. The minimum absolute atomic E-state index is 0.460. The van der Waals surface area contributed by atoms with Crippen LogP contribution < -0.4 is 5.32 Å². The molecule has 0 bridgehead atoms. The third-order valence-electron chi connectivity index (χ3n) is 4.41. The number of nitrogens with one attached hydrogen (secondary N) is 1. The molecule has 0 aliphatic heterocycles. The average molecular weight is 286 g/mol. The van der Waals surface area contributed by atoms with Gasteiger partial charge in [-0.05, 0) is 50.8 Å². The van der Waals surface area contributed by atoms with Gasteiger partial charge in [0.25, 0.3) is 0 Å². The van der Waals surface area contributed by atoms with E-state index in [1.54, 1.807) is 0 Å². The summed E-state index contributed by atoms with van der Waals surface area (Å²) in [5.41, 5.74) is 4.29. The Morgan fingerprint density at radius 1 is 1.38 bits per heavy atom. The van der Waals surface area contributed by atoms with Gasteiger partial charge >= 0.3 is 0 Å². The molecule has 0 aromatic carbocycles. The van der Waals surface area contributed by atoms with Crippen LogP contribution in [-0.2, 0) is 13.0 Å². The predicted octanol–water partition coefficient (Wildman–Crippen LogP) is 3.30. The standard InChI is InChI=1S/C17H26N4/c1-4-19-17-7-5-6-14-9-20(11-16(14)17)10-15-8-18-12-21(15)13(2)3/h8-9,11-13,17,19H,4-7,10H2,1-3H3. The summed E-state index contributed by atoms with van der Waals surface area (Å²) in [4.78, 5) is 4.30. The monoisotopic (exact) mass is 286 g/mol. The molecule has 1 aliphatic carbocycles. The van der Waals surface area contributed by atoms with Crippen molar-refractivity contribution < 1.29 is 0 Å². The highest BCUT2D eigenvalue weighted by molar-refractivity contribution is 5.30. The highest BCUT2D eigenvalue weighted by Crippen LogP contribution is 2.30. The summed E-state index contributed by atoms with van der Waals surface area (Å²) in [7, 11) is 0. The van der Waals surface area contributed by atoms with Crippen molar-refractivity contribution in [2.75, 3.05) is 6.54 Å². The van der Waals surface area contributed by atoms with E-state index in [4.69, 9.17) is 0 Å². The van der Waals surface area contributed by atoms with E-state index in [0.29, 0.717) is 12.1 Å². The number of aryl methyl sites for hydroxylation is 1. The van der Waals surface area contributed by atoms with Gasteiger partial charge in [-0.25, -0.2) is 4.98 Å². The maximum Gasteiger partial charge on any atom is 0.0951 e. The molecule has 4 nitrogen and oxygen atoms in total. The van der Waals surface area contributed by atoms with E-state index in [9.17, 15) is 0 Å². The van der Waals surface area contributed by atoms with Crippen molar-refractivity contribution in [3.63, 3.8) is 0 Å². The molecule has 3 rings (SSSR count). The van der Waals surface area contributed by atoms with Crippen molar-refractivity contribution in [3.8, 4) is 0 Å². The Balaban J connectivity index is 1.82. The van der Waals surface area contributed by atoms with Crippen molar-refractivity contribution >= 4 is 0 Å². The van der Waals surface area contributed by atoms with Crippen molar-refractivity contribution in [3.05, 3.63) is 41.7 Å². The molecule has 0 saturated carbocycles. The van der Waals surface area contributed by atoms with Gasteiger partial charge in [-0.15, -0.1) is 0 Å². The van der Waals surface area contributed by atoms with Crippen LogP contribution >= 0.6 is 0 Å². The Morgan fingerprint density at radius 2 is 2.24 bits per heavy atom. The van der Waals surface area contributed by atoms with Gasteiger partial charge in [0.2, 0.25) is 0 Å². The van der Waals surface area contributed by atoms with Gasteiger partial charge in [0.05, 0.1) is 18.6 Å². The van der Waals surface area contributed by atoms with Crippen LogP contribution in [0.4, 0.5) is 0 Å². The number of fused-ring (bicyclic) bond motifs is 1. The molecule has 0 radical (unpaired) electrons. The second-order valence-electron chi connectivity index (χ2n) is 6.30. The molecule has 21 heavy (non-hydrogen) atoms. The minimum atomic E-state index is 0.460. The number of aromatic nitrogens is 3. The predicted molar refractivity (Wildman–Crippen MR) is 85.5 cm³/mol. The molecule has 114 valence electrons. The van der Waals surface area contributed by atoms with Crippen molar-refractivity contribution in [1.82, 2.24) is 19.4 Å². The van der Waals surface area contributed by atoms with Crippen LogP contribution in [0.25, 0.3) is 0 Å². The van der Waals surface area contributed by atoms with E-state index in [2.05, 4.69) is 52.6 Å². The molecule has 2 heterocycles. The molecule has 0 fully saturated rings. The topological polar surface area (TPSA) is 34.8 Å². The fraction of sp³-hybridized carbons (Fsp3) is 0.588. The molecule has 1 aliphatic rings. The van der Waals surface area contributed by atoms with E-state index in [1.165, 1.54) is 36.1 Å². The Bertz CT molecular complexity index is 594. The van der Waals surface area contributed by atoms with Crippen LogP contribution in [0.3, 0.4) is 0 Å². The molecule has 1 N–H and O–H groups in total. The van der Waals surface area contributed by atoms with E-state index >= 15 is 0 Å². The summed E-state index contributed by atoms with van der Waals surface area (Å²) < 4.78 is 4.58. The zero-order valence-corrected chi connectivity index (χ0v) is 13.3. The Hall–Kier alpha value is -1.55. The third kappa shape index (κ3) is 2.91. The maximum atomic E-state index is 4.30. The first-order valence-corrected chi connectivity index (χ1v) is 8.11. The van der Waals surface area contributed by atoms with Crippen molar-refractivity contribution in [1.29, 1.82) is 0 Å². The third-order valence-corrected chi connectivity index (χ3v) is 4.41. The average Bonchev–Trinajstić information content (AvgIpc) is 3.06. The largest absolute Gasteiger partial charge is 0.348 e. The van der Waals surface area contributed by atoms with E-state index < -0.39 is 0 Å². The minimum Gasteiger partial charge on any atom is -0.348 e. The Labute approximate surface area is 127 Å². The zero-order valence-electron chi connectivity index (χ0n) is 13.3. The van der Waals surface area contributed by atoms with Crippen molar-refractivity contribution in [2.24, 2.45) is 0 Å². The van der Waals surface area contributed by atoms with Gasteiger partial charge in [0, 0.05) is 30.7 Å². The highest BCUT2D eigenvalue weighted by atomic mass is 15.1.